The van der Waals surface area contributed by atoms with Crippen LogP contribution in [0.3, 0.4) is 0 Å². The molecule has 1 saturated heterocycles. The number of hydroxylamine groups is 2. The average molecular weight is 439 g/mol. The van der Waals surface area contributed by atoms with E-state index in [0.29, 0.717) is 18.4 Å². The van der Waals surface area contributed by atoms with Gasteiger partial charge in [-0.05, 0) is 74.5 Å². The SMILES string of the molecule is CC1(C)CC(OC(=O)c2ccco2)CC(C)(C)N1OC(=O)c1ccc(-n2cnnn2)cc1. The van der Waals surface area contributed by atoms with Crippen LogP contribution in [0.25, 0.3) is 5.69 Å². The number of carbonyl (C=O) groups excluding carboxylic acids is 2. The monoisotopic (exact) mass is 439 g/mol. The summed E-state index contributed by atoms with van der Waals surface area (Å²) in [6.07, 6.45) is 3.55. The minimum Gasteiger partial charge on any atom is -0.457 e. The lowest BCUT2D eigenvalue weighted by Crippen LogP contribution is -2.62. The Hall–Kier alpha value is -3.53. The van der Waals surface area contributed by atoms with E-state index in [9.17, 15) is 9.59 Å². The number of nitrogens with zero attached hydrogens (tertiary/aromatic N) is 5. The van der Waals surface area contributed by atoms with E-state index in [-0.39, 0.29) is 11.9 Å². The van der Waals surface area contributed by atoms with Gasteiger partial charge in [0, 0.05) is 12.8 Å². The molecule has 0 amide bonds. The Kier molecular flexibility index (Phi) is 5.55. The summed E-state index contributed by atoms with van der Waals surface area (Å²) in [5.41, 5.74) is -0.0124. The minimum atomic E-state index is -0.572. The highest BCUT2D eigenvalue weighted by Crippen LogP contribution is 2.40. The average Bonchev–Trinajstić information content (AvgIpc) is 3.44. The number of carbonyl (C=O) groups is 2. The number of furan rings is 1. The third kappa shape index (κ3) is 4.40. The van der Waals surface area contributed by atoms with Crippen molar-refractivity contribution in [3.05, 3.63) is 60.3 Å². The molecule has 0 bridgehead atoms. The van der Waals surface area contributed by atoms with Gasteiger partial charge in [-0.25, -0.2) is 14.3 Å². The number of ether oxygens (including phenoxy) is 1. The van der Waals surface area contributed by atoms with Crippen molar-refractivity contribution in [2.75, 3.05) is 0 Å². The molecule has 168 valence electrons. The third-order valence-corrected chi connectivity index (χ3v) is 5.44. The molecule has 3 aromatic rings. The number of hydrogen-bond acceptors (Lipinski definition) is 9. The molecular formula is C22H25N5O5. The number of hydrogen-bond donors (Lipinski definition) is 0. The fraction of sp³-hybridized carbons (Fsp3) is 0.409. The lowest BCUT2D eigenvalue weighted by atomic mass is 9.80. The van der Waals surface area contributed by atoms with Crippen molar-refractivity contribution in [1.29, 1.82) is 0 Å². The first-order valence-corrected chi connectivity index (χ1v) is 10.3. The lowest BCUT2D eigenvalue weighted by Gasteiger charge is -2.52. The molecule has 0 unspecified atom stereocenters. The predicted octanol–water partition coefficient (Wildman–Crippen LogP) is 3.21. The maximum atomic E-state index is 12.9. The van der Waals surface area contributed by atoms with Crippen molar-refractivity contribution < 1.29 is 23.6 Å². The smallest absolute Gasteiger partial charge is 0.374 e. The van der Waals surface area contributed by atoms with Crippen LogP contribution >= 0.6 is 0 Å². The molecule has 1 aliphatic heterocycles. The van der Waals surface area contributed by atoms with Crippen LogP contribution in [-0.4, -0.2) is 54.4 Å². The summed E-state index contributed by atoms with van der Waals surface area (Å²) in [6, 6.07) is 10.0. The first-order chi connectivity index (χ1) is 15.2. The second-order valence-electron chi connectivity index (χ2n) is 9.01. The molecule has 1 aliphatic rings. The van der Waals surface area contributed by atoms with E-state index in [0.717, 1.165) is 5.69 Å². The third-order valence-electron chi connectivity index (χ3n) is 5.44. The molecule has 0 radical (unpaired) electrons. The largest absolute Gasteiger partial charge is 0.457 e. The molecule has 2 aromatic heterocycles. The fourth-order valence-corrected chi connectivity index (χ4v) is 4.27. The van der Waals surface area contributed by atoms with Gasteiger partial charge < -0.3 is 14.0 Å². The Morgan fingerprint density at radius 1 is 1.03 bits per heavy atom. The topological polar surface area (TPSA) is 113 Å². The van der Waals surface area contributed by atoms with E-state index in [1.165, 1.54) is 17.3 Å². The van der Waals surface area contributed by atoms with Crippen LogP contribution < -0.4 is 0 Å². The van der Waals surface area contributed by atoms with Crippen LogP contribution in [0.15, 0.2) is 53.4 Å². The first kappa shape index (κ1) is 21.7. The second-order valence-corrected chi connectivity index (χ2v) is 9.01. The number of tetrazole rings is 1. The Balaban J connectivity index is 1.45. The van der Waals surface area contributed by atoms with Gasteiger partial charge >= 0.3 is 11.9 Å². The zero-order chi connectivity index (χ0) is 22.9. The van der Waals surface area contributed by atoms with Crippen LogP contribution in [0.1, 0.15) is 61.4 Å². The molecule has 0 saturated carbocycles. The second kappa shape index (κ2) is 8.19. The van der Waals surface area contributed by atoms with Crippen LogP contribution in [-0.2, 0) is 9.57 Å². The Bertz CT molecular complexity index is 1060. The predicted molar refractivity (Wildman–Crippen MR) is 112 cm³/mol. The van der Waals surface area contributed by atoms with Crippen molar-refractivity contribution in [2.24, 2.45) is 0 Å². The number of benzene rings is 1. The fourth-order valence-electron chi connectivity index (χ4n) is 4.27. The van der Waals surface area contributed by atoms with Crippen LogP contribution in [0.2, 0.25) is 0 Å². The molecule has 4 rings (SSSR count). The van der Waals surface area contributed by atoms with Crippen molar-refractivity contribution in [3.8, 4) is 5.69 Å². The summed E-state index contributed by atoms with van der Waals surface area (Å²) in [6.45, 7) is 7.82. The molecule has 10 heteroatoms. The maximum Gasteiger partial charge on any atom is 0.374 e. The summed E-state index contributed by atoms with van der Waals surface area (Å²) in [7, 11) is 0. The molecule has 32 heavy (non-hydrogen) atoms. The van der Waals surface area contributed by atoms with Gasteiger partial charge in [0.15, 0.2) is 0 Å². The molecule has 0 aliphatic carbocycles. The lowest BCUT2D eigenvalue weighted by molar-refractivity contribution is -0.255. The summed E-state index contributed by atoms with van der Waals surface area (Å²) >= 11 is 0. The van der Waals surface area contributed by atoms with Crippen molar-refractivity contribution in [2.45, 2.75) is 57.7 Å². The van der Waals surface area contributed by atoms with Gasteiger partial charge in [-0.3, -0.25) is 0 Å². The highest BCUT2D eigenvalue weighted by Gasteiger charge is 2.49. The molecule has 1 aromatic carbocycles. The van der Waals surface area contributed by atoms with Crippen LogP contribution in [0.5, 0.6) is 0 Å². The van der Waals surface area contributed by atoms with Crippen LogP contribution in [0, 0.1) is 0 Å². The molecular weight excluding hydrogens is 414 g/mol. The van der Waals surface area contributed by atoms with Crippen molar-refractivity contribution in [1.82, 2.24) is 25.3 Å². The Morgan fingerprint density at radius 3 is 2.28 bits per heavy atom. The molecule has 0 N–H and O–H groups in total. The Labute approximate surface area is 185 Å². The maximum absolute atomic E-state index is 12.9. The van der Waals surface area contributed by atoms with Crippen LogP contribution in [0.4, 0.5) is 0 Å². The van der Waals surface area contributed by atoms with Gasteiger partial charge in [0.25, 0.3) is 0 Å². The molecule has 3 heterocycles. The number of esters is 1. The highest BCUT2D eigenvalue weighted by molar-refractivity contribution is 5.89. The van der Waals surface area contributed by atoms with Gasteiger partial charge in [-0.1, -0.05) is 0 Å². The molecule has 1 fully saturated rings. The van der Waals surface area contributed by atoms with Gasteiger partial charge in [-0.2, -0.15) is 0 Å². The normalized spacial score (nSPS) is 18.2. The van der Waals surface area contributed by atoms with Gasteiger partial charge in [0.1, 0.15) is 12.4 Å². The zero-order valence-electron chi connectivity index (χ0n) is 18.4. The van der Waals surface area contributed by atoms with E-state index < -0.39 is 23.0 Å². The van der Waals surface area contributed by atoms with E-state index in [4.69, 9.17) is 14.0 Å². The minimum absolute atomic E-state index is 0.166. The number of aromatic nitrogens is 4. The number of piperidine rings is 1. The molecule has 0 spiro atoms. The Morgan fingerprint density at radius 2 is 1.72 bits per heavy atom. The van der Waals surface area contributed by atoms with Crippen molar-refractivity contribution in [3.63, 3.8) is 0 Å². The summed E-state index contributed by atoms with van der Waals surface area (Å²) in [5, 5.41) is 12.7. The standard InChI is InChI=1S/C22H25N5O5/c1-21(2)12-17(31-20(29)18-6-5-11-30-18)13-22(3,4)27(21)32-19(28)15-7-9-16(10-8-15)26-14-23-24-25-26/h5-11,14,17H,12-13H2,1-4H3. The highest BCUT2D eigenvalue weighted by atomic mass is 16.7. The summed E-state index contributed by atoms with van der Waals surface area (Å²) in [4.78, 5) is 31.1. The van der Waals surface area contributed by atoms with E-state index in [1.54, 1.807) is 41.5 Å². The molecule has 10 nitrogen and oxygen atoms in total. The quantitative estimate of drug-likeness (QED) is 0.553. The van der Waals surface area contributed by atoms with E-state index >= 15 is 0 Å². The van der Waals surface area contributed by atoms with Gasteiger partial charge in [0.05, 0.1) is 28.6 Å². The van der Waals surface area contributed by atoms with Crippen molar-refractivity contribution >= 4 is 11.9 Å². The van der Waals surface area contributed by atoms with Gasteiger partial charge in [-0.15, -0.1) is 10.2 Å². The van der Waals surface area contributed by atoms with E-state index in [2.05, 4.69) is 15.5 Å². The summed E-state index contributed by atoms with van der Waals surface area (Å²) in [5.74, 6) is -0.806. The van der Waals surface area contributed by atoms with E-state index in [1.807, 2.05) is 27.7 Å². The number of rotatable bonds is 5. The first-order valence-electron chi connectivity index (χ1n) is 10.3. The van der Waals surface area contributed by atoms with Gasteiger partial charge in [0.2, 0.25) is 5.76 Å². The summed E-state index contributed by atoms with van der Waals surface area (Å²) < 4.78 is 12.3. The zero-order valence-corrected chi connectivity index (χ0v) is 18.4. The molecule has 0 atom stereocenters.